The maximum absolute atomic E-state index is 6.19. The Morgan fingerprint density at radius 2 is 1.90 bits per heavy atom. The maximum atomic E-state index is 6.19. The lowest BCUT2D eigenvalue weighted by molar-refractivity contribution is 0.694. The van der Waals surface area contributed by atoms with Crippen LogP contribution in [0.3, 0.4) is 0 Å². The highest BCUT2D eigenvalue weighted by Crippen LogP contribution is 2.24. The molecule has 100 valence electrons. The Labute approximate surface area is 122 Å². The largest absolute Gasteiger partial charge is 0.308 e. The average molecular weight is 284 g/mol. The molecular formula is C16H14ClN3. The Morgan fingerprint density at radius 1 is 1.00 bits per heavy atom. The van der Waals surface area contributed by atoms with Crippen molar-refractivity contribution in [1.29, 1.82) is 0 Å². The minimum absolute atomic E-state index is 0.740. The quantitative estimate of drug-likeness (QED) is 0.795. The van der Waals surface area contributed by atoms with Gasteiger partial charge in [-0.25, -0.2) is 0 Å². The van der Waals surface area contributed by atoms with Gasteiger partial charge in [-0.1, -0.05) is 23.7 Å². The predicted molar refractivity (Wildman–Crippen MR) is 81.5 cm³/mol. The number of rotatable bonds is 4. The molecule has 0 saturated heterocycles. The number of fused-ring (bicyclic) bond motifs is 1. The zero-order valence-electron chi connectivity index (χ0n) is 10.9. The lowest BCUT2D eigenvalue weighted by atomic mass is 10.1. The highest BCUT2D eigenvalue weighted by Gasteiger charge is 2.05. The molecule has 0 atom stereocenters. The molecule has 0 bridgehead atoms. The van der Waals surface area contributed by atoms with E-state index in [1.165, 1.54) is 5.56 Å². The van der Waals surface area contributed by atoms with Gasteiger partial charge in [0.2, 0.25) is 0 Å². The summed E-state index contributed by atoms with van der Waals surface area (Å²) in [6.45, 7) is 1.53. The minimum Gasteiger partial charge on any atom is -0.308 e. The van der Waals surface area contributed by atoms with Crippen molar-refractivity contribution in [1.82, 2.24) is 15.3 Å². The van der Waals surface area contributed by atoms with Crippen molar-refractivity contribution in [3.8, 4) is 0 Å². The lowest BCUT2D eigenvalue weighted by Crippen LogP contribution is -2.13. The van der Waals surface area contributed by atoms with Crippen LogP contribution in [-0.4, -0.2) is 9.97 Å². The van der Waals surface area contributed by atoms with Crippen molar-refractivity contribution < 1.29 is 0 Å². The van der Waals surface area contributed by atoms with Crippen LogP contribution in [0.2, 0.25) is 5.02 Å². The number of pyridine rings is 2. The maximum Gasteiger partial charge on any atom is 0.0761 e. The van der Waals surface area contributed by atoms with Crippen molar-refractivity contribution in [3.63, 3.8) is 0 Å². The second-order valence-corrected chi connectivity index (χ2v) is 4.98. The van der Waals surface area contributed by atoms with Gasteiger partial charge in [0.1, 0.15) is 0 Å². The molecule has 2 aromatic heterocycles. The minimum atomic E-state index is 0.740. The number of benzene rings is 1. The summed E-state index contributed by atoms with van der Waals surface area (Å²) in [5.74, 6) is 0. The van der Waals surface area contributed by atoms with Crippen LogP contribution in [0.1, 0.15) is 11.1 Å². The van der Waals surface area contributed by atoms with Crippen molar-refractivity contribution in [2.24, 2.45) is 0 Å². The summed E-state index contributed by atoms with van der Waals surface area (Å²) < 4.78 is 0. The van der Waals surface area contributed by atoms with E-state index in [0.717, 1.165) is 34.6 Å². The summed E-state index contributed by atoms with van der Waals surface area (Å²) in [7, 11) is 0. The van der Waals surface area contributed by atoms with E-state index in [9.17, 15) is 0 Å². The molecular weight excluding hydrogens is 270 g/mol. The molecule has 0 aliphatic heterocycles. The topological polar surface area (TPSA) is 37.8 Å². The third-order valence-electron chi connectivity index (χ3n) is 3.17. The number of nitrogens with zero attached hydrogens (tertiary/aromatic N) is 2. The van der Waals surface area contributed by atoms with Gasteiger partial charge in [0.15, 0.2) is 0 Å². The van der Waals surface area contributed by atoms with Gasteiger partial charge in [0.25, 0.3) is 0 Å². The van der Waals surface area contributed by atoms with Gasteiger partial charge >= 0.3 is 0 Å². The number of nitrogens with one attached hydrogen (secondary N) is 1. The van der Waals surface area contributed by atoms with E-state index in [2.05, 4.69) is 21.4 Å². The van der Waals surface area contributed by atoms with Crippen LogP contribution >= 0.6 is 11.6 Å². The Bertz CT molecular complexity index is 713. The molecule has 4 heteroatoms. The molecule has 3 aromatic rings. The summed E-state index contributed by atoms with van der Waals surface area (Å²) in [5, 5.41) is 5.14. The fraction of sp³-hybridized carbons (Fsp3) is 0.125. The van der Waals surface area contributed by atoms with E-state index in [4.69, 9.17) is 11.6 Å². The third kappa shape index (κ3) is 2.79. The number of hydrogen-bond acceptors (Lipinski definition) is 3. The summed E-state index contributed by atoms with van der Waals surface area (Å²) in [6, 6.07) is 11.8. The van der Waals surface area contributed by atoms with Crippen molar-refractivity contribution in [2.75, 3.05) is 0 Å². The van der Waals surface area contributed by atoms with Crippen molar-refractivity contribution in [2.45, 2.75) is 13.1 Å². The first-order valence-electron chi connectivity index (χ1n) is 6.46. The van der Waals surface area contributed by atoms with Gasteiger partial charge < -0.3 is 5.32 Å². The standard InChI is InChI=1S/C16H14ClN3/c17-15-6-5-13(16-14(15)4-2-8-20-16)11-19-10-12-3-1-7-18-9-12/h1-9,19H,10-11H2. The molecule has 0 aliphatic rings. The number of aromatic nitrogens is 2. The number of halogens is 1. The van der Waals surface area contributed by atoms with Crippen LogP contribution in [0.15, 0.2) is 55.0 Å². The lowest BCUT2D eigenvalue weighted by Gasteiger charge is -2.08. The van der Waals surface area contributed by atoms with E-state index in [0.29, 0.717) is 0 Å². The van der Waals surface area contributed by atoms with Crippen LogP contribution in [0.25, 0.3) is 10.9 Å². The number of hydrogen-bond donors (Lipinski definition) is 1. The highest BCUT2D eigenvalue weighted by molar-refractivity contribution is 6.35. The average Bonchev–Trinajstić information content (AvgIpc) is 2.51. The van der Waals surface area contributed by atoms with Gasteiger partial charge in [-0.15, -0.1) is 0 Å². The van der Waals surface area contributed by atoms with Crippen molar-refractivity contribution in [3.05, 3.63) is 71.1 Å². The normalized spacial score (nSPS) is 10.8. The SMILES string of the molecule is Clc1ccc(CNCc2cccnc2)c2ncccc12. The fourth-order valence-electron chi connectivity index (χ4n) is 2.18. The smallest absolute Gasteiger partial charge is 0.0761 e. The highest BCUT2D eigenvalue weighted by atomic mass is 35.5. The van der Waals surface area contributed by atoms with Crippen LogP contribution in [0.4, 0.5) is 0 Å². The van der Waals surface area contributed by atoms with E-state index in [1.54, 1.807) is 12.4 Å². The monoisotopic (exact) mass is 283 g/mol. The van der Waals surface area contributed by atoms with Gasteiger partial charge in [0.05, 0.1) is 5.52 Å². The Morgan fingerprint density at radius 3 is 2.75 bits per heavy atom. The first-order chi connectivity index (χ1) is 9.84. The van der Waals surface area contributed by atoms with E-state index in [1.807, 2.05) is 36.5 Å². The van der Waals surface area contributed by atoms with Gasteiger partial charge in [0, 0.05) is 42.1 Å². The Kier molecular flexibility index (Phi) is 3.90. The van der Waals surface area contributed by atoms with Crippen molar-refractivity contribution >= 4 is 22.5 Å². The zero-order valence-corrected chi connectivity index (χ0v) is 11.6. The molecule has 1 aromatic carbocycles. The third-order valence-corrected chi connectivity index (χ3v) is 3.50. The Hall–Kier alpha value is -1.97. The molecule has 3 rings (SSSR count). The fourth-order valence-corrected chi connectivity index (χ4v) is 2.40. The molecule has 3 nitrogen and oxygen atoms in total. The molecule has 0 spiro atoms. The zero-order chi connectivity index (χ0) is 13.8. The summed E-state index contributed by atoms with van der Waals surface area (Å²) in [4.78, 5) is 8.53. The molecule has 0 radical (unpaired) electrons. The molecule has 0 fully saturated rings. The first kappa shape index (κ1) is 13.0. The second-order valence-electron chi connectivity index (χ2n) is 4.57. The van der Waals surface area contributed by atoms with Crippen LogP contribution in [0.5, 0.6) is 0 Å². The Balaban J connectivity index is 1.77. The molecule has 2 heterocycles. The van der Waals surface area contributed by atoms with E-state index >= 15 is 0 Å². The van der Waals surface area contributed by atoms with Gasteiger partial charge in [-0.3, -0.25) is 9.97 Å². The first-order valence-corrected chi connectivity index (χ1v) is 6.84. The molecule has 0 saturated carbocycles. The van der Waals surface area contributed by atoms with Gasteiger partial charge in [-0.2, -0.15) is 0 Å². The van der Waals surface area contributed by atoms with Gasteiger partial charge in [-0.05, 0) is 35.4 Å². The van der Waals surface area contributed by atoms with Crippen LogP contribution < -0.4 is 5.32 Å². The predicted octanol–water partition coefficient (Wildman–Crippen LogP) is 3.57. The summed E-state index contributed by atoms with van der Waals surface area (Å²) in [6.07, 6.45) is 5.44. The molecule has 1 N–H and O–H groups in total. The molecule has 20 heavy (non-hydrogen) atoms. The molecule has 0 unspecified atom stereocenters. The molecule has 0 amide bonds. The molecule has 0 aliphatic carbocycles. The van der Waals surface area contributed by atoms with Crippen LogP contribution in [-0.2, 0) is 13.1 Å². The van der Waals surface area contributed by atoms with Crippen LogP contribution in [0, 0.1) is 0 Å². The van der Waals surface area contributed by atoms with E-state index in [-0.39, 0.29) is 0 Å². The van der Waals surface area contributed by atoms with E-state index < -0.39 is 0 Å². The summed E-state index contributed by atoms with van der Waals surface area (Å²) >= 11 is 6.19. The second kappa shape index (κ2) is 5.99. The summed E-state index contributed by atoms with van der Waals surface area (Å²) in [5.41, 5.74) is 3.27.